The van der Waals surface area contributed by atoms with E-state index in [2.05, 4.69) is 29.5 Å². The average molecular weight is 191 g/mol. The van der Waals surface area contributed by atoms with Crippen LogP contribution in [0.4, 0.5) is 5.82 Å². The van der Waals surface area contributed by atoms with Gasteiger partial charge in [-0.05, 0) is 18.6 Å². The second kappa shape index (κ2) is 4.65. The van der Waals surface area contributed by atoms with E-state index in [1.165, 1.54) is 5.56 Å². The number of hydrogen-bond donors (Lipinski definition) is 1. The van der Waals surface area contributed by atoms with E-state index >= 15 is 0 Å². The SMILES string of the molecule is CC.CNc1cnc2ccc(C)cn12. The van der Waals surface area contributed by atoms with Gasteiger partial charge in [-0.2, -0.15) is 0 Å². The zero-order valence-corrected chi connectivity index (χ0v) is 9.20. The van der Waals surface area contributed by atoms with Crippen molar-refractivity contribution >= 4 is 11.5 Å². The lowest BCUT2D eigenvalue weighted by molar-refractivity contribution is 1.15. The average Bonchev–Trinajstić information content (AvgIpc) is 2.63. The smallest absolute Gasteiger partial charge is 0.138 e. The maximum absolute atomic E-state index is 4.23. The second-order valence-corrected chi connectivity index (χ2v) is 2.83. The van der Waals surface area contributed by atoms with Gasteiger partial charge >= 0.3 is 0 Å². The molecule has 3 nitrogen and oxygen atoms in total. The summed E-state index contributed by atoms with van der Waals surface area (Å²) < 4.78 is 2.04. The summed E-state index contributed by atoms with van der Waals surface area (Å²) >= 11 is 0. The predicted octanol–water partition coefficient (Wildman–Crippen LogP) is 2.71. The molecule has 0 saturated heterocycles. The highest BCUT2D eigenvalue weighted by atomic mass is 15.1. The lowest BCUT2D eigenvalue weighted by Gasteiger charge is -2.00. The fourth-order valence-corrected chi connectivity index (χ4v) is 1.27. The molecular weight excluding hydrogens is 174 g/mol. The lowest BCUT2D eigenvalue weighted by Crippen LogP contribution is -1.93. The summed E-state index contributed by atoms with van der Waals surface area (Å²) in [5, 5.41) is 3.08. The Bertz CT molecular complexity index is 404. The van der Waals surface area contributed by atoms with Crippen LogP contribution in [-0.4, -0.2) is 16.4 Å². The molecule has 2 heterocycles. The zero-order chi connectivity index (χ0) is 10.6. The van der Waals surface area contributed by atoms with Gasteiger partial charge in [0.05, 0.1) is 6.20 Å². The van der Waals surface area contributed by atoms with Gasteiger partial charge in [-0.15, -0.1) is 0 Å². The number of nitrogens with one attached hydrogen (secondary N) is 1. The second-order valence-electron chi connectivity index (χ2n) is 2.83. The van der Waals surface area contributed by atoms with Gasteiger partial charge in [0, 0.05) is 13.2 Å². The number of imidazole rings is 1. The Labute approximate surface area is 84.8 Å². The van der Waals surface area contributed by atoms with Crippen molar-refractivity contribution in [1.82, 2.24) is 9.38 Å². The van der Waals surface area contributed by atoms with Crippen molar-refractivity contribution in [2.24, 2.45) is 0 Å². The summed E-state index contributed by atoms with van der Waals surface area (Å²) in [5.41, 5.74) is 2.21. The molecule has 0 fully saturated rings. The number of nitrogens with zero attached hydrogens (tertiary/aromatic N) is 2. The number of hydrogen-bond acceptors (Lipinski definition) is 2. The monoisotopic (exact) mass is 191 g/mol. The highest BCUT2D eigenvalue weighted by Crippen LogP contribution is 2.11. The number of anilines is 1. The molecule has 14 heavy (non-hydrogen) atoms. The fraction of sp³-hybridized carbons (Fsp3) is 0.364. The molecular formula is C11H17N3. The summed E-state index contributed by atoms with van der Waals surface area (Å²) in [6.07, 6.45) is 3.89. The van der Waals surface area contributed by atoms with Gasteiger partial charge < -0.3 is 5.32 Å². The first-order chi connectivity index (χ1) is 6.81. The van der Waals surface area contributed by atoms with E-state index in [0.29, 0.717) is 0 Å². The summed E-state index contributed by atoms with van der Waals surface area (Å²) in [4.78, 5) is 4.23. The van der Waals surface area contributed by atoms with Crippen LogP contribution in [0, 0.1) is 6.92 Å². The van der Waals surface area contributed by atoms with E-state index < -0.39 is 0 Å². The first-order valence-corrected chi connectivity index (χ1v) is 4.93. The van der Waals surface area contributed by atoms with Crippen LogP contribution in [-0.2, 0) is 0 Å². The summed E-state index contributed by atoms with van der Waals surface area (Å²) in [5.74, 6) is 1.02. The third-order valence-corrected chi connectivity index (χ3v) is 1.91. The fourth-order valence-electron chi connectivity index (χ4n) is 1.27. The van der Waals surface area contributed by atoms with Crippen LogP contribution >= 0.6 is 0 Å². The molecule has 0 saturated carbocycles. The number of pyridine rings is 1. The minimum absolute atomic E-state index is 0.977. The van der Waals surface area contributed by atoms with Gasteiger partial charge in [0.15, 0.2) is 0 Å². The summed E-state index contributed by atoms with van der Waals surface area (Å²) in [6.45, 7) is 6.07. The topological polar surface area (TPSA) is 29.3 Å². The Morgan fingerprint density at radius 1 is 1.29 bits per heavy atom. The minimum Gasteiger partial charge on any atom is -0.373 e. The Hall–Kier alpha value is -1.51. The van der Waals surface area contributed by atoms with Crippen molar-refractivity contribution in [2.45, 2.75) is 20.8 Å². The van der Waals surface area contributed by atoms with Crippen molar-refractivity contribution < 1.29 is 0 Å². The van der Waals surface area contributed by atoms with Gasteiger partial charge in [0.2, 0.25) is 0 Å². The van der Waals surface area contributed by atoms with Crippen LogP contribution in [0.3, 0.4) is 0 Å². The number of aromatic nitrogens is 2. The minimum atomic E-state index is 0.977. The van der Waals surface area contributed by atoms with E-state index in [-0.39, 0.29) is 0 Å². The van der Waals surface area contributed by atoms with Crippen LogP contribution in [0.25, 0.3) is 5.65 Å². The molecule has 0 amide bonds. The molecule has 2 aromatic rings. The van der Waals surface area contributed by atoms with Crippen LogP contribution in [0.5, 0.6) is 0 Å². The molecule has 0 aliphatic rings. The number of fused-ring (bicyclic) bond motifs is 1. The van der Waals surface area contributed by atoms with Gasteiger partial charge in [-0.25, -0.2) is 4.98 Å². The van der Waals surface area contributed by atoms with Crippen molar-refractivity contribution in [1.29, 1.82) is 0 Å². The molecule has 0 aliphatic heterocycles. The summed E-state index contributed by atoms with van der Waals surface area (Å²) in [6, 6.07) is 4.07. The Balaban J connectivity index is 0.000000461. The standard InChI is InChI=1S/C9H11N3.C2H6/c1-7-3-4-8-11-5-9(10-2)12(8)6-7;1-2/h3-6,10H,1-2H3;1-2H3. The predicted molar refractivity (Wildman–Crippen MR) is 60.8 cm³/mol. The van der Waals surface area contributed by atoms with Crippen LogP contribution in [0.1, 0.15) is 19.4 Å². The highest BCUT2D eigenvalue weighted by molar-refractivity contribution is 5.50. The Kier molecular flexibility index (Phi) is 3.51. The largest absolute Gasteiger partial charge is 0.373 e. The van der Waals surface area contributed by atoms with Gasteiger partial charge in [0.25, 0.3) is 0 Å². The highest BCUT2D eigenvalue weighted by Gasteiger charge is 1.99. The molecule has 0 bridgehead atoms. The van der Waals surface area contributed by atoms with Crippen molar-refractivity contribution in [3.05, 3.63) is 30.1 Å². The first-order valence-electron chi connectivity index (χ1n) is 4.93. The molecule has 2 rings (SSSR count). The Morgan fingerprint density at radius 3 is 2.64 bits per heavy atom. The van der Waals surface area contributed by atoms with Gasteiger partial charge in [-0.3, -0.25) is 4.40 Å². The Morgan fingerprint density at radius 2 is 2.00 bits per heavy atom. The molecule has 0 unspecified atom stereocenters. The number of aryl methyl sites for hydroxylation is 1. The van der Waals surface area contributed by atoms with Crippen LogP contribution < -0.4 is 5.32 Å². The lowest BCUT2D eigenvalue weighted by atomic mass is 10.3. The maximum atomic E-state index is 4.23. The zero-order valence-electron chi connectivity index (χ0n) is 9.20. The quantitative estimate of drug-likeness (QED) is 0.751. The molecule has 1 N–H and O–H groups in total. The van der Waals surface area contributed by atoms with Crippen LogP contribution in [0.15, 0.2) is 24.5 Å². The van der Waals surface area contributed by atoms with E-state index in [1.807, 2.05) is 37.6 Å². The van der Waals surface area contributed by atoms with Crippen LogP contribution in [0.2, 0.25) is 0 Å². The molecule has 3 heteroatoms. The van der Waals surface area contributed by atoms with E-state index in [4.69, 9.17) is 0 Å². The number of rotatable bonds is 1. The van der Waals surface area contributed by atoms with E-state index in [0.717, 1.165) is 11.5 Å². The molecule has 76 valence electrons. The maximum Gasteiger partial charge on any atom is 0.138 e. The van der Waals surface area contributed by atoms with Gasteiger partial charge in [-0.1, -0.05) is 19.9 Å². The first kappa shape index (κ1) is 10.6. The van der Waals surface area contributed by atoms with Crippen molar-refractivity contribution in [3.63, 3.8) is 0 Å². The molecule has 0 atom stereocenters. The molecule has 0 spiro atoms. The van der Waals surface area contributed by atoms with Crippen molar-refractivity contribution in [2.75, 3.05) is 12.4 Å². The third-order valence-electron chi connectivity index (χ3n) is 1.91. The molecule has 2 aromatic heterocycles. The normalized spacial score (nSPS) is 9.43. The van der Waals surface area contributed by atoms with E-state index in [9.17, 15) is 0 Å². The third kappa shape index (κ3) is 1.87. The summed E-state index contributed by atoms with van der Waals surface area (Å²) in [7, 11) is 1.89. The van der Waals surface area contributed by atoms with Crippen molar-refractivity contribution in [3.8, 4) is 0 Å². The molecule has 0 aliphatic carbocycles. The van der Waals surface area contributed by atoms with Gasteiger partial charge in [0.1, 0.15) is 11.5 Å². The molecule has 0 aromatic carbocycles. The van der Waals surface area contributed by atoms with E-state index in [1.54, 1.807) is 0 Å². The molecule has 0 radical (unpaired) electrons.